The van der Waals surface area contributed by atoms with Crippen molar-refractivity contribution < 1.29 is 13.2 Å². The number of nitrogens with one attached hydrogen (secondary N) is 2. The molecule has 2 aliphatic heterocycles. The lowest BCUT2D eigenvalue weighted by Crippen LogP contribution is -2.65. The number of rotatable bonds is 3. The molecule has 1 aliphatic carbocycles. The zero-order valence-electron chi connectivity index (χ0n) is 14.7. The molecule has 2 heterocycles. The average molecular weight is 366 g/mol. The van der Waals surface area contributed by atoms with Crippen LogP contribution in [-0.2, 0) is 14.8 Å². The second-order valence-electron chi connectivity index (χ2n) is 7.35. The van der Waals surface area contributed by atoms with Gasteiger partial charge in [-0.05, 0) is 32.1 Å². The molecule has 0 saturated carbocycles. The van der Waals surface area contributed by atoms with Crippen LogP contribution in [0, 0.1) is 11.3 Å². The molecule has 2 unspecified atom stereocenters. The van der Waals surface area contributed by atoms with Gasteiger partial charge in [0.1, 0.15) is 0 Å². The Morgan fingerprint density at radius 1 is 1.36 bits per heavy atom. The van der Waals surface area contributed by atoms with Gasteiger partial charge in [0.2, 0.25) is 15.9 Å². The Bertz CT molecular complexity index is 710. The molecule has 8 heteroatoms. The molecule has 2 N–H and O–H groups in total. The van der Waals surface area contributed by atoms with Crippen molar-refractivity contribution in [1.82, 2.24) is 14.5 Å². The second kappa shape index (κ2) is 6.57. The highest BCUT2D eigenvalue weighted by atomic mass is 32.2. The minimum absolute atomic E-state index is 0.00265. The van der Waals surface area contributed by atoms with Gasteiger partial charge < -0.3 is 5.32 Å². The first-order valence-electron chi connectivity index (χ1n) is 8.69. The van der Waals surface area contributed by atoms with Crippen molar-refractivity contribution in [2.75, 3.05) is 20.1 Å². The van der Waals surface area contributed by atoms with Gasteiger partial charge in [-0.1, -0.05) is 24.3 Å². The second-order valence-corrected chi connectivity index (χ2v) is 9.50. The standard InChI is InChI=1S/C17H26N4O3S/c1-17(11-15(22)20(2)16(18)19-17)13-7-6-10-21(12-13)25(23,24)14-8-4-3-5-9-14/h3-5,8,13-14H,6-7,9-12H2,1-2H3,(H2,18,19)/t13?,14?,17-/m0/s1. The number of piperidine rings is 1. The molecule has 0 aromatic rings. The van der Waals surface area contributed by atoms with E-state index in [1.807, 2.05) is 19.1 Å². The lowest BCUT2D eigenvalue weighted by Gasteiger charge is -2.47. The van der Waals surface area contributed by atoms with E-state index in [2.05, 4.69) is 5.32 Å². The SMILES string of the molecule is CN1C(=N)N[C@](C)(C2CCCN(S(=O)(=O)C3C=CC=CC3)C2)CC1=O. The van der Waals surface area contributed by atoms with Crippen LogP contribution in [0.15, 0.2) is 24.3 Å². The zero-order chi connectivity index (χ0) is 18.2. The zero-order valence-corrected chi connectivity index (χ0v) is 15.6. The van der Waals surface area contributed by atoms with Crippen LogP contribution in [0.4, 0.5) is 0 Å². The van der Waals surface area contributed by atoms with Crippen LogP contribution < -0.4 is 5.32 Å². The molecular formula is C17H26N4O3S. The van der Waals surface area contributed by atoms with Gasteiger partial charge in [0.15, 0.2) is 5.96 Å². The Morgan fingerprint density at radius 2 is 2.12 bits per heavy atom. The maximum Gasteiger partial charge on any atom is 0.231 e. The summed E-state index contributed by atoms with van der Waals surface area (Å²) >= 11 is 0. The fourth-order valence-corrected chi connectivity index (χ4v) is 5.66. The molecular weight excluding hydrogens is 340 g/mol. The predicted octanol–water partition coefficient (Wildman–Crippen LogP) is 1.06. The lowest BCUT2D eigenvalue weighted by atomic mass is 9.77. The summed E-state index contributed by atoms with van der Waals surface area (Å²) in [6.07, 6.45) is 9.67. The van der Waals surface area contributed by atoms with E-state index in [1.54, 1.807) is 23.5 Å². The molecule has 0 aromatic heterocycles. The van der Waals surface area contributed by atoms with Gasteiger partial charge in [-0.15, -0.1) is 0 Å². The molecule has 7 nitrogen and oxygen atoms in total. The van der Waals surface area contributed by atoms with Gasteiger partial charge in [-0.2, -0.15) is 0 Å². The molecule has 0 bridgehead atoms. The quantitative estimate of drug-likeness (QED) is 0.781. The third-order valence-electron chi connectivity index (χ3n) is 5.60. The summed E-state index contributed by atoms with van der Waals surface area (Å²) in [5, 5.41) is 10.6. The van der Waals surface area contributed by atoms with Crippen molar-refractivity contribution in [2.45, 2.75) is 43.4 Å². The monoisotopic (exact) mass is 366 g/mol. The number of allylic oxidation sites excluding steroid dienone is 3. The summed E-state index contributed by atoms with van der Waals surface area (Å²) < 4.78 is 27.5. The Labute approximate surface area is 149 Å². The Morgan fingerprint density at radius 3 is 2.76 bits per heavy atom. The molecule has 3 rings (SSSR count). The third-order valence-corrected chi connectivity index (χ3v) is 7.77. The van der Waals surface area contributed by atoms with Crippen LogP contribution in [0.3, 0.4) is 0 Å². The van der Waals surface area contributed by atoms with E-state index in [0.29, 0.717) is 19.5 Å². The van der Waals surface area contributed by atoms with E-state index in [9.17, 15) is 13.2 Å². The molecule has 25 heavy (non-hydrogen) atoms. The largest absolute Gasteiger partial charge is 0.350 e. The summed E-state index contributed by atoms with van der Waals surface area (Å²) in [4.78, 5) is 13.5. The Balaban J connectivity index is 1.77. The van der Waals surface area contributed by atoms with E-state index < -0.39 is 20.8 Å². The summed E-state index contributed by atoms with van der Waals surface area (Å²) in [5.41, 5.74) is -0.586. The van der Waals surface area contributed by atoms with Crippen LogP contribution in [-0.4, -0.2) is 60.4 Å². The third kappa shape index (κ3) is 3.37. The molecule has 3 atom stereocenters. The van der Waals surface area contributed by atoms with Crippen molar-refractivity contribution in [3.05, 3.63) is 24.3 Å². The van der Waals surface area contributed by atoms with Gasteiger partial charge in [0, 0.05) is 20.1 Å². The average Bonchev–Trinajstić information content (AvgIpc) is 2.60. The number of carbonyl (C=O) groups is 1. The van der Waals surface area contributed by atoms with Crippen molar-refractivity contribution in [2.24, 2.45) is 5.92 Å². The Kier molecular flexibility index (Phi) is 4.76. The number of guanidine groups is 1. The molecule has 0 spiro atoms. The van der Waals surface area contributed by atoms with Crippen LogP contribution in [0.25, 0.3) is 0 Å². The molecule has 2 saturated heterocycles. The van der Waals surface area contributed by atoms with Crippen molar-refractivity contribution in [3.63, 3.8) is 0 Å². The number of hydrogen-bond acceptors (Lipinski definition) is 4. The van der Waals surface area contributed by atoms with Gasteiger partial charge >= 0.3 is 0 Å². The highest BCUT2D eigenvalue weighted by molar-refractivity contribution is 7.89. The first kappa shape index (κ1) is 18.1. The number of hydrogen-bond donors (Lipinski definition) is 2. The van der Waals surface area contributed by atoms with E-state index in [0.717, 1.165) is 12.8 Å². The number of sulfonamides is 1. The van der Waals surface area contributed by atoms with E-state index in [1.165, 1.54) is 4.90 Å². The van der Waals surface area contributed by atoms with Gasteiger partial charge in [-0.3, -0.25) is 15.1 Å². The summed E-state index contributed by atoms with van der Waals surface area (Å²) in [7, 11) is -1.82. The normalized spacial score (nSPS) is 34.2. The first-order valence-corrected chi connectivity index (χ1v) is 10.2. The number of amides is 1. The molecule has 138 valence electrons. The number of carbonyl (C=O) groups excluding carboxylic acids is 1. The van der Waals surface area contributed by atoms with E-state index in [4.69, 9.17) is 5.41 Å². The first-order chi connectivity index (χ1) is 11.7. The smallest absolute Gasteiger partial charge is 0.231 e. The van der Waals surface area contributed by atoms with Gasteiger partial charge in [-0.25, -0.2) is 12.7 Å². The Hall–Kier alpha value is -1.67. The summed E-state index contributed by atoms with van der Waals surface area (Å²) in [5.74, 6) is -0.0252. The van der Waals surface area contributed by atoms with Crippen LogP contribution in [0.5, 0.6) is 0 Å². The van der Waals surface area contributed by atoms with Gasteiger partial charge in [0.05, 0.1) is 17.2 Å². The van der Waals surface area contributed by atoms with Gasteiger partial charge in [0.25, 0.3) is 0 Å². The highest BCUT2D eigenvalue weighted by Crippen LogP contribution is 2.34. The van der Waals surface area contributed by atoms with Crippen LogP contribution in [0.2, 0.25) is 0 Å². The fourth-order valence-electron chi connectivity index (χ4n) is 3.87. The molecule has 2 fully saturated rings. The molecule has 0 aromatic carbocycles. The maximum atomic E-state index is 13.0. The minimum atomic E-state index is -3.40. The van der Waals surface area contributed by atoms with E-state index in [-0.39, 0.29) is 24.2 Å². The highest BCUT2D eigenvalue weighted by Gasteiger charge is 2.45. The molecule has 1 amide bonds. The molecule has 3 aliphatic rings. The number of nitrogens with zero attached hydrogens (tertiary/aromatic N) is 2. The van der Waals surface area contributed by atoms with Crippen molar-refractivity contribution >= 4 is 21.9 Å². The summed E-state index contributed by atoms with van der Waals surface area (Å²) in [6, 6.07) is 0. The minimum Gasteiger partial charge on any atom is -0.350 e. The van der Waals surface area contributed by atoms with Crippen molar-refractivity contribution in [1.29, 1.82) is 5.41 Å². The van der Waals surface area contributed by atoms with Crippen molar-refractivity contribution in [3.8, 4) is 0 Å². The predicted molar refractivity (Wildman–Crippen MR) is 96.6 cm³/mol. The van der Waals surface area contributed by atoms with Crippen LogP contribution in [0.1, 0.15) is 32.6 Å². The maximum absolute atomic E-state index is 13.0. The van der Waals surface area contributed by atoms with Crippen LogP contribution >= 0.6 is 0 Å². The molecule has 0 radical (unpaired) electrons. The summed E-state index contributed by atoms with van der Waals surface area (Å²) in [6.45, 7) is 2.84. The fraction of sp³-hybridized carbons (Fsp3) is 0.647. The van der Waals surface area contributed by atoms with E-state index >= 15 is 0 Å². The topological polar surface area (TPSA) is 93.6 Å². The lowest BCUT2D eigenvalue weighted by molar-refractivity contribution is -0.130.